The van der Waals surface area contributed by atoms with Gasteiger partial charge in [-0.05, 0) is 73.4 Å². The molecule has 0 bridgehead atoms. The van der Waals surface area contributed by atoms with Gasteiger partial charge in [0.05, 0.1) is 18.8 Å². The van der Waals surface area contributed by atoms with Crippen LogP contribution in [0.3, 0.4) is 0 Å². The van der Waals surface area contributed by atoms with E-state index in [1.54, 1.807) is 42.3 Å². The number of ether oxygens (including phenoxy) is 1. The fraction of sp³-hybridized carbons (Fsp3) is 0.200. The Kier molecular flexibility index (Phi) is 5.34. The first-order valence-corrected chi connectivity index (χ1v) is 10.7. The number of aromatic nitrogens is 4. The molecule has 2 aromatic heterocycles. The molecule has 0 spiro atoms. The van der Waals surface area contributed by atoms with Crippen LogP contribution in [0.25, 0.3) is 11.1 Å². The third-order valence-corrected chi connectivity index (χ3v) is 5.90. The zero-order valence-corrected chi connectivity index (χ0v) is 18.2. The summed E-state index contributed by atoms with van der Waals surface area (Å²) in [5.74, 6) is 0.471. The second-order valence-corrected chi connectivity index (χ2v) is 7.99. The molecule has 5 rings (SSSR count). The maximum Gasteiger partial charge on any atom is 0.257 e. The number of aryl methyl sites for hydroxylation is 1. The normalized spacial score (nSPS) is 14.7. The lowest BCUT2D eigenvalue weighted by Gasteiger charge is -2.11. The highest BCUT2D eigenvalue weighted by molar-refractivity contribution is 6.04. The first kappa shape index (κ1) is 20.8. The minimum atomic E-state index is -0.292. The van der Waals surface area contributed by atoms with E-state index in [1.165, 1.54) is 12.1 Å². The summed E-state index contributed by atoms with van der Waals surface area (Å²) in [5, 5.41) is 11.3. The highest BCUT2D eigenvalue weighted by Gasteiger charge is 2.29. The van der Waals surface area contributed by atoms with Crippen LogP contribution in [0, 0.1) is 12.7 Å². The highest BCUT2D eigenvalue weighted by Crippen LogP contribution is 2.34. The second-order valence-electron chi connectivity index (χ2n) is 7.99. The molecule has 7 nitrogen and oxygen atoms in total. The van der Waals surface area contributed by atoms with Gasteiger partial charge in [0.1, 0.15) is 11.6 Å². The number of fused-ring (bicyclic) bond motifs is 1. The topological polar surface area (TPSA) is 81.9 Å². The van der Waals surface area contributed by atoms with Gasteiger partial charge >= 0.3 is 0 Å². The van der Waals surface area contributed by atoms with Crippen molar-refractivity contribution in [2.45, 2.75) is 25.8 Å². The van der Waals surface area contributed by atoms with Crippen molar-refractivity contribution in [2.75, 3.05) is 12.4 Å². The molecule has 0 saturated heterocycles. The van der Waals surface area contributed by atoms with E-state index in [4.69, 9.17) is 4.74 Å². The quantitative estimate of drug-likeness (QED) is 0.488. The van der Waals surface area contributed by atoms with Crippen LogP contribution in [0.5, 0.6) is 5.75 Å². The molecule has 4 aromatic rings. The van der Waals surface area contributed by atoms with Gasteiger partial charge in [0, 0.05) is 23.0 Å². The number of halogens is 1. The van der Waals surface area contributed by atoms with Crippen LogP contribution >= 0.6 is 0 Å². The van der Waals surface area contributed by atoms with Crippen molar-refractivity contribution in [3.05, 3.63) is 89.1 Å². The number of benzene rings is 2. The van der Waals surface area contributed by atoms with Gasteiger partial charge in [-0.25, -0.2) is 9.07 Å². The fourth-order valence-electron chi connectivity index (χ4n) is 4.25. The lowest BCUT2D eigenvalue weighted by atomic mass is 10.0. The fourth-order valence-corrected chi connectivity index (χ4v) is 4.25. The Hall–Kier alpha value is -4.07. The van der Waals surface area contributed by atoms with Gasteiger partial charge in [-0.3, -0.25) is 9.78 Å². The Labute approximate surface area is 190 Å². The summed E-state index contributed by atoms with van der Waals surface area (Å²) in [5.41, 5.74) is 5.02. The van der Waals surface area contributed by atoms with Crippen molar-refractivity contribution in [1.82, 2.24) is 20.0 Å². The number of amides is 1. The number of nitrogens with zero attached hydrogens (tertiary/aromatic N) is 4. The number of hydrogen-bond acceptors (Lipinski definition) is 5. The van der Waals surface area contributed by atoms with Gasteiger partial charge in [-0.1, -0.05) is 17.3 Å². The van der Waals surface area contributed by atoms with E-state index in [2.05, 4.69) is 20.6 Å². The lowest BCUT2D eigenvalue weighted by Crippen LogP contribution is -2.13. The number of pyridine rings is 1. The standard InChI is InChI=1S/C25H22FN5O2/c1-15-13-17(11-12-27-15)20-8-5-18(14-23(20)33-2)25(32)28-24-22-10-9-21(31(22)30-29-24)16-3-6-19(26)7-4-16/h3-8,11-14,21H,9-10H2,1-2H3,(H,28,32). The summed E-state index contributed by atoms with van der Waals surface area (Å²) in [7, 11) is 1.58. The lowest BCUT2D eigenvalue weighted by molar-refractivity contribution is 0.102. The van der Waals surface area contributed by atoms with Gasteiger partial charge in [0.15, 0.2) is 5.82 Å². The highest BCUT2D eigenvalue weighted by atomic mass is 19.1. The molecular weight excluding hydrogens is 421 g/mol. The van der Waals surface area contributed by atoms with Gasteiger partial charge in [-0.2, -0.15) is 0 Å². The summed E-state index contributed by atoms with van der Waals surface area (Å²) in [4.78, 5) is 17.2. The average Bonchev–Trinajstić information content (AvgIpc) is 3.42. The van der Waals surface area contributed by atoms with E-state index < -0.39 is 0 Å². The van der Waals surface area contributed by atoms with Gasteiger partial charge in [0.2, 0.25) is 0 Å². The van der Waals surface area contributed by atoms with Crippen molar-refractivity contribution >= 4 is 11.7 Å². The van der Waals surface area contributed by atoms with Crippen molar-refractivity contribution in [3.8, 4) is 16.9 Å². The van der Waals surface area contributed by atoms with Gasteiger partial charge in [-0.15, -0.1) is 5.10 Å². The molecule has 8 heteroatoms. The van der Waals surface area contributed by atoms with Crippen molar-refractivity contribution < 1.29 is 13.9 Å². The summed E-state index contributed by atoms with van der Waals surface area (Å²) in [6.45, 7) is 1.93. The number of carbonyl (C=O) groups is 1. The van der Waals surface area contributed by atoms with Crippen LogP contribution in [0.1, 0.15) is 39.8 Å². The number of anilines is 1. The van der Waals surface area contributed by atoms with Crippen LogP contribution in [0.15, 0.2) is 60.8 Å². The molecule has 1 N–H and O–H groups in total. The summed E-state index contributed by atoms with van der Waals surface area (Å²) < 4.78 is 20.6. The largest absolute Gasteiger partial charge is 0.496 e. The predicted molar refractivity (Wildman–Crippen MR) is 122 cm³/mol. The van der Waals surface area contributed by atoms with E-state index in [-0.39, 0.29) is 17.8 Å². The molecule has 0 radical (unpaired) electrons. The van der Waals surface area contributed by atoms with Crippen LogP contribution in [-0.2, 0) is 6.42 Å². The smallest absolute Gasteiger partial charge is 0.257 e. The zero-order chi connectivity index (χ0) is 22.9. The zero-order valence-electron chi connectivity index (χ0n) is 18.2. The third-order valence-electron chi connectivity index (χ3n) is 5.90. The van der Waals surface area contributed by atoms with Crippen LogP contribution in [-0.4, -0.2) is 33.0 Å². The molecule has 166 valence electrons. The molecule has 3 heterocycles. The van der Waals surface area contributed by atoms with Crippen molar-refractivity contribution in [3.63, 3.8) is 0 Å². The number of rotatable bonds is 5. The Balaban J connectivity index is 1.38. The predicted octanol–water partition coefficient (Wildman–Crippen LogP) is 4.58. The summed E-state index contributed by atoms with van der Waals surface area (Å²) in [6.07, 6.45) is 3.28. The van der Waals surface area contributed by atoms with Crippen molar-refractivity contribution in [1.29, 1.82) is 0 Å². The molecule has 1 aliphatic rings. The Morgan fingerprint density at radius 1 is 1.15 bits per heavy atom. The molecular formula is C25H22FN5O2. The summed E-state index contributed by atoms with van der Waals surface area (Å²) >= 11 is 0. The molecule has 0 aliphatic carbocycles. The van der Waals surface area contributed by atoms with Crippen molar-refractivity contribution in [2.24, 2.45) is 0 Å². The first-order chi connectivity index (χ1) is 16.0. The molecule has 0 fully saturated rings. The van der Waals surface area contributed by atoms with E-state index >= 15 is 0 Å². The average molecular weight is 443 g/mol. The molecule has 1 aliphatic heterocycles. The molecule has 1 unspecified atom stereocenters. The first-order valence-electron chi connectivity index (χ1n) is 10.7. The SMILES string of the molecule is COc1cc(C(=O)Nc2nnn3c2CCC3c2ccc(F)cc2)ccc1-c1ccnc(C)c1. The Morgan fingerprint density at radius 2 is 1.97 bits per heavy atom. The number of nitrogens with one attached hydrogen (secondary N) is 1. The molecule has 0 saturated carbocycles. The summed E-state index contributed by atoms with van der Waals surface area (Å²) in [6, 6.07) is 15.6. The monoisotopic (exact) mass is 443 g/mol. The van der Waals surface area contributed by atoms with Crippen LogP contribution < -0.4 is 10.1 Å². The molecule has 1 amide bonds. The van der Waals surface area contributed by atoms with E-state index in [1.807, 2.05) is 25.1 Å². The maximum absolute atomic E-state index is 13.3. The molecule has 1 atom stereocenters. The third kappa shape index (κ3) is 3.95. The molecule has 2 aromatic carbocycles. The number of methoxy groups -OCH3 is 1. The van der Waals surface area contributed by atoms with Crippen LogP contribution in [0.2, 0.25) is 0 Å². The maximum atomic E-state index is 13.3. The van der Waals surface area contributed by atoms with E-state index in [0.29, 0.717) is 23.6 Å². The van der Waals surface area contributed by atoms with E-state index in [0.717, 1.165) is 34.5 Å². The number of carbonyl (C=O) groups excluding carboxylic acids is 1. The molecule has 33 heavy (non-hydrogen) atoms. The second kappa shape index (κ2) is 8.46. The Morgan fingerprint density at radius 3 is 2.73 bits per heavy atom. The minimum Gasteiger partial charge on any atom is -0.496 e. The Bertz CT molecular complexity index is 1330. The minimum absolute atomic E-state index is 0.0260. The van der Waals surface area contributed by atoms with E-state index in [9.17, 15) is 9.18 Å². The number of hydrogen-bond donors (Lipinski definition) is 1. The van der Waals surface area contributed by atoms with Crippen LogP contribution in [0.4, 0.5) is 10.2 Å². The van der Waals surface area contributed by atoms with Gasteiger partial charge in [0.25, 0.3) is 5.91 Å². The van der Waals surface area contributed by atoms with Gasteiger partial charge < -0.3 is 10.1 Å².